The molecule has 0 bridgehead atoms. The van der Waals surface area contributed by atoms with E-state index in [9.17, 15) is 4.79 Å². The Morgan fingerprint density at radius 1 is 1.23 bits per heavy atom. The van der Waals surface area contributed by atoms with Gasteiger partial charge in [-0.3, -0.25) is 14.4 Å². The molecule has 0 radical (unpaired) electrons. The van der Waals surface area contributed by atoms with Gasteiger partial charge in [0.25, 0.3) is 0 Å². The van der Waals surface area contributed by atoms with Crippen LogP contribution in [0, 0.1) is 6.92 Å². The molecule has 6 nitrogen and oxygen atoms in total. The Balaban J connectivity index is 1.58. The molecule has 0 N–H and O–H groups in total. The molecule has 2 heterocycles. The molecule has 116 valence electrons. The lowest BCUT2D eigenvalue weighted by Crippen LogP contribution is -2.49. The van der Waals surface area contributed by atoms with E-state index in [1.807, 2.05) is 18.0 Å². The fraction of sp³-hybridized carbons (Fsp3) is 0.438. The van der Waals surface area contributed by atoms with Crippen LogP contribution in [0.25, 0.3) is 0 Å². The van der Waals surface area contributed by atoms with Gasteiger partial charge in [0.2, 0.25) is 5.91 Å². The Labute approximate surface area is 130 Å². The van der Waals surface area contributed by atoms with Crippen LogP contribution in [0.2, 0.25) is 0 Å². The summed E-state index contributed by atoms with van der Waals surface area (Å²) >= 11 is 0. The highest BCUT2D eigenvalue weighted by Gasteiger charge is 2.24. The summed E-state index contributed by atoms with van der Waals surface area (Å²) in [6.07, 6.45) is 1.55. The third-order valence-corrected chi connectivity index (χ3v) is 4.02. The summed E-state index contributed by atoms with van der Waals surface area (Å²) < 4.78 is 1.75. The average Bonchev–Trinajstić information content (AvgIpc) is 2.87. The molecule has 0 unspecified atom stereocenters. The van der Waals surface area contributed by atoms with Crippen molar-refractivity contribution in [2.24, 2.45) is 7.05 Å². The Morgan fingerprint density at radius 2 is 2.09 bits per heavy atom. The third kappa shape index (κ3) is 3.33. The molecule has 1 aliphatic heterocycles. The van der Waals surface area contributed by atoms with Gasteiger partial charge < -0.3 is 4.90 Å². The Hall–Kier alpha value is -2.21. The van der Waals surface area contributed by atoms with Gasteiger partial charge in [0.05, 0.1) is 13.1 Å². The van der Waals surface area contributed by atoms with Crippen molar-refractivity contribution in [3.8, 4) is 0 Å². The van der Waals surface area contributed by atoms with Crippen molar-refractivity contribution >= 4 is 5.91 Å². The molecule has 22 heavy (non-hydrogen) atoms. The van der Waals surface area contributed by atoms with Crippen LogP contribution in [0.3, 0.4) is 0 Å². The van der Waals surface area contributed by atoms with Crippen LogP contribution in [0.4, 0.5) is 0 Å². The average molecular weight is 299 g/mol. The van der Waals surface area contributed by atoms with Crippen molar-refractivity contribution in [3.05, 3.63) is 47.5 Å². The second kappa shape index (κ2) is 6.27. The van der Waals surface area contributed by atoms with E-state index < -0.39 is 0 Å². The van der Waals surface area contributed by atoms with E-state index in [0.29, 0.717) is 19.6 Å². The van der Waals surface area contributed by atoms with E-state index in [-0.39, 0.29) is 5.91 Å². The van der Waals surface area contributed by atoms with Gasteiger partial charge in [-0.15, -0.1) is 0 Å². The van der Waals surface area contributed by atoms with Crippen LogP contribution in [-0.2, 0) is 24.9 Å². The lowest BCUT2D eigenvalue weighted by Gasteiger charge is -2.34. The molecular formula is C16H21N5O. The monoisotopic (exact) mass is 299 g/mol. The number of piperazine rings is 1. The summed E-state index contributed by atoms with van der Waals surface area (Å²) in [5.41, 5.74) is 2.42. The topological polar surface area (TPSA) is 54.3 Å². The smallest absolute Gasteiger partial charge is 0.237 e. The second-order valence-corrected chi connectivity index (χ2v) is 5.81. The minimum Gasteiger partial charge on any atom is -0.336 e. The molecule has 0 saturated carbocycles. The zero-order valence-corrected chi connectivity index (χ0v) is 13.1. The number of rotatable bonds is 4. The number of hydrogen-bond donors (Lipinski definition) is 0. The molecule has 1 aromatic carbocycles. The summed E-state index contributed by atoms with van der Waals surface area (Å²) in [6.45, 7) is 5.50. The molecule has 1 saturated heterocycles. The van der Waals surface area contributed by atoms with Crippen molar-refractivity contribution in [1.82, 2.24) is 24.6 Å². The number of benzene rings is 1. The molecule has 1 aliphatic rings. The van der Waals surface area contributed by atoms with Gasteiger partial charge in [0.1, 0.15) is 12.2 Å². The number of carbonyl (C=O) groups excluding carboxylic acids is 1. The molecule has 1 fully saturated rings. The molecule has 0 atom stereocenters. The number of aryl methyl sites for hydroxylation is 2. The minimum atomic E-state index is 0.176. The first kappa shape index (κ1) is 14.7. The normalized spacial score (nSPS) is 16.3. The predicted molar refractivity (Wildman–Crippen MR) is 82.9 cm³/mol. The lowest BCUT2D eigenvalue weighted by molar-refractivity contribution is -0.136. The maximum Gasteiger partial charge on any atom is 0.237 e. The molecule has 6 heteroatoms. The van der Waals surface area contributed by atoms with Crippen molar-refractivity contribution < 1.29 is 4.79 Å². The van der Waals surface area contributed by atoms with Crippen molar-refractivity contribution in [1.29, 1.82) is 0 Å². The first-order valence-electron chi connectivity index (χ1n) is 7.50. The molecule has 0 aliphatic carbocycles. The molecule has 3 rings (SSSR count). The van der Waals surface area contributed by atoms with E-state index in [4.69, 9.17) is 0 Å². The van der Waals surface area contributed by atoms with E-state index in [0.717, 1.165) is 18.9 Å². The number of carbonyl (C=O) groups is 1. The van der Waals surface area contributed by atoms with Crippen molar-refractivity contribution in [2.45, 2.75) is 20.0 Å². The summed E-state index contributed by atoms with van der Waals surface area (Å²) in [4.78, 5) is 20.6. The number of nitrogens with zero attached hydrogens (tertiary/aromatic N) is 5. The highest BCUT2D eigenvalue weighted by molar-refractivity contribution is 5.79. The van der Waals surface area contributed by atoms with E-state index in [2.05, 4.69) is 40.1 Å². The highest BCUT2D eigenvalue weighted by atomic mass is 16.2. The molecule has 0 spiro atoms. The summed E-state index contributed by atoms with van der Waals surface area (Å²) in [6, 6.07) is 8.33. The largest absolute Gasteiger partial charge is 0.336 e. The summed E-state index contributed by atoms with van der Waals surface area (Å²) in [5, 5.41) is 4.06. The Bertz CT molecular complexity index is 666. The van der Waals surface area contributed by atoms with Crippen LogP contribution in [0.15, 0.2) is 30.6 Å². The van der Waals surface area contributed by atoms with E-state index in [1.165, 1.54) is 11.1 Å². The Kier molecular flexibility index (Phi) is 4.20. The van der Waals surface area contributed by atoms with E-state index >= 15 is 0 Å². The van der Waals surface area contributed by atoms with Crippen LogP contribution in [-0.4, -0.2) is 50.1 Å². The first-order valence-corrected chi connectivity index (χ1v) is 7.50. The summed E-state index contributed by atoms with van der Waals surface area (Å²) in [7, 11) is 1.87. The van der Waals surface area contributed by atoms with Crippen LogP contribution in [0.5, 0.6) is 0 Å². The maximum absolute atomic E-state index is 12.3. The zero-order valence-electron chi connectivity index (χ0n) is 13.1. The predicted octanol–water partition coefficient (Wildman–Crippen LogP) is 0.968. The fourth-order valence-electron chi connectivity index (χ4n) is 2.75. The minimum absolute atomic E-state index is 0.176. The molecule has 1 amide bonds. The fourth-order valence-corrected chi connectivity index (χ4v) is 2.75. The van der Waals surface area contributed by atoms with Crippen molar-refractivity contribution in [2.75, 3.05) is 19.6 Å². The highest BCUT2D eigenvalue weighted by Crippen LogP contribution is 2.12. The van der Waals surface area contributed by atoms with Gasteiger partial charge in [-0.1, -0.05) is 29.8 Å². The summed E-state index contributed by atoms with van der Waals surface area (Å²) in [5.74, 6) is 1.06. The molecule has 2 aromatic rings. The Morgan fingerprint density at radius 3 is 2.77 bits per heavy atom. The van der Waals surface area contributed by atoms with Gasteiger partial charge >= 0.3 is 0 Å². The molecular weight excluding hydrogens is 278 g/mol. The van der Waals surface area contributed by atoms with Crippen LogP contribution < -0.4 is 0 Å². The third-order valence-electron chi connectivity index (χ3n) is 4.02. The van der Waals surface area contributed by atoms with Gasteiger partial charge in [-0.2, -0.15) is 5.10 Å². The quantitative estimate of drug-likeness (QED) is 0.844. The lowest BCUT2D eigenvalue weighted by atomic mass is 10.1. The SMILES string of the molecule is Cc1cccc(CN2CCN(Cc3ncnn3C)CC2=O)c1. The van der Waals surface area contributed by atoms with Gasteiger partial charge in [-0.05, 0) is 12.5 Å². The maximum atomic E-state index is 12.3. The van der Waals surface area contributed by atoms with Gasteiger partial charge in [0, 0.05) is 26.7 Å². The van der Waals surface area contributed by atoms with E-state index in [1.54, 1.807) is 11.0 Å². The van der Waals surface area contributed by atoms with Crippen LogP contribution >= 0.6 is 0 Å². The second-order valence-electron chi connectivity index (χ2n) is 5.81. The first-order chi connectivity index (χ1) is 10.6. The zero-order chi connectivity index (χ0) is 15.5. The number of aromatic nitrogens is 3. The molecule has 1 aromatic heterocycles. The number of hydrogen-bond acceptors (Lipinski definition) is 4. The van der Waals surface area contributed by atoms with Gasteiger partial charge in [-0.25, -0.2) is 4.98 Å². The number of amides is 1. The van der Waals surface area contributed by atoms with Gasteiger partial charge in [0.15, 0.2) is 0 Å². The van der Waals surface area contributed by atoms with Crippen LogP contribution in [0.1, 0.15) is 17.0 Å². The standard InChI is InChI=1S/C16H21N5O/c1-13-4-3-5-14(8-13)9-21-7-6-20(11-16(21)22)10-15-17-12-18-19(15)2/h3-5,8,12H,6-7,9-11H2,1-2H3. The van der Waals surface area contributed by atoms with Crippen molar-refractivity contribution in [3.63, 3.8) is 0 Å².